The van der Waals surface area contributed by atoms with E-state index in [1.807, 2.05) is 6.92 Å². The number of carbonyl (C=O) groups is 1. The summed E-state index contributed by atoms with van der Waals surface area (Å²) in [6.45, 7) is 3.69. The molecule has 4 nitrogen and oxygen atoms in total. The summed E-state index contributed by atoms with van der Waals surface area (Å²) in [6, 6.07) is 2.46. The third kappa shape index (κ3) is 3.78. The van der Waals surface area contributed by atoms with Gasteiger partial charge in [-0.15, -0.1) is 0 Å². The molecule has 2 atom stereocenters. The number of nitrogens with one attached hydrogen (secondary N) is 1. The fourth-order valence-electron chi connectivity index (χ4n) is 1.55. The van der Waals surface area contributed by atoms with Gasteiger partial charge in [0, 0.05) is 6.04 Å². The number of esters is 1. The summed E-state index contributed by atoms with van der Waals surface area (Å²) < 4.78 is 17.4. The predicted octanol–water partition coefficient (Wildman–Crippen LogP) is 1.82. The van der Waals surface area contributed by atoms with E-state index in [9.17, 15) is 9.18 Å². The molecule has 0 spiro atoms. The summed E-state index contributed by atoms with van der Waals surface area (Å²) in [6.07, 6.45) is 1.92. The Kier molecular flexibility index (Phi) is 5.03. The van der Waals surface area contributed by atoms with E-state index in [-0.39, 0.29) is 17.8 Å². The van der Waals surface area contributed by atoms with Crippen LogP contribution in [0.25, 0.3) is 0 Å². The van der Waals surface area contributed by atoms with Gasteiger partial charge in [0.2, 0.25) is 0 Å². The number of carbonyl (C=O) groups excluding carboxylic acids is 1. The van der Waals surface area contributed by atoms with Crippen LogP contribution in [-0.4, -0.2) is 24.1 Å². The predicted molar refractivity (Wildman–Crippen MR) is 61.8 cm³/mol. The van der Waals surface area contributed by atoms with Crippen LogP contribution < -0.4 is 5.32 Å². The number of pyridine rings is 1. The number of nitrogens with zero attached hydrogens (tertiary/aromatic N) is 1. The standard InChI is InChI=1S/C12H17FN2O2/c1-4-10(15-8(2)12(16)17-3)11-6-5-9(13)7-14-11/h5-8,10,15H,4H2,1-3H3/t8-,10?/m0/s1. The summed E-state index contributed by atoms with van der Waals surface area (Å²) >= 11 is 0. The molecule has 0 aliphatic carbocycles. The van der Waals surface area contributed by atoms with E-state index < -0.39 is 6.04 Å². The molecule has 0 aromatic carbocycles. The van der Waals surface area contributed by atoms with E-state index in [0.29, 0.717) is 5.69 Å². The normalized spacial score (nSPS) is 14.1. The van der Waals surface area contributed by atoms with Crippen LogP contribution in [0, 0.1) is 5.82 Å². The smallest absolute Gasteiger partial charge is 0.322 e. The molecule has 1 rings (SSSR count). The molecule has 94 valence electrons. The summed E-state index contributed by atoms with van der Waals surface area (Å²) in [7, 11) is 1.34. The molecule has 0 saturated heterocycles. The number of rotatable bonds is 5. The first-order chi connectivity index (χ1) is 8.08. The maximum Gasteiger partial charge on any atom is 0.322 e. The van der Waals surface area contributed by atoms with Crippen molar-refractivity contribution in [2.24, 2.45) is 0 Å². The number of hydrogen-bond acceptors (Lipinski definition) is 4. The van der Waals surface area contributed by atoms with Crippen molar-refractivity contribution in [2.75, 3.05) is 7.11 Å². The second kappa shape index (κ2) is 6.30. The molecule has 1 unspecified atom stereocenters. The third-order valence-corrected chi connectivity index (χ3v) is 2.52. The average Bonchev–Trinajstić information content (AvgIpc) is 2.35. The van der Waals surface area contributed by atoms with Crippen LogP contribution in [-0.2, 0) is 9.53 Å². The van der Waals surface area contributed by atoms with E-state index in [1.165, 1.54) is 19.4 Å². The molecule has 1 aromatic heterocycles. The minimum Gasteiger partial charge on any atom is -0.468 e. The zero-order chi connectivity index (χ0) is 12.8. The zero-order valence-corrected chi connectivity index (χ0v) is 10.2. The number of halogens is 1. The van der Waals surface area contributed by atoms with Crippen molar-refractivity contribution in [2.45, 2.75) is 32.4 Å². The Labute approximate surface area is 100 Å². The van der Waals surface area contributed by atoms with Gasteiger partial charge in [0.05, 0.1) is 19.0 Å². The van der Waals surface area contributed by atoms with E-state index in [1.54, 1.807) is 13.0 Å². The summed E-state index contributed by atoms with van der Waals surface area (Å²) in [5.41, 5.74) is 0.713. The van der Waals surface area contributed by atoms with E-state index in [0.717, 1.165) is 6.42 Å². The highest BCUT2D eigenvalue weighted by molar-refractivity contribution is 5.75. The molecule has 0 radical (unpaired) electrons. The van der Waals surface area contributed by atoms with Gasteiger partial charge in [-0.3, -0.25) is 15.1 Å². The molecular weight excluding hydrogens is 223 g/mol. The molecule has 17 heavy (non-hydrogen) atoms. The minimum absolute atomic E-state index is 0.0929. The lowest BCUT2D eigenvalue weighted by Gasteiger charge is -2.20. The van der Waals surface area contributed by atoms with E-state index in [2.05, 4.69) is 15.0 Å². The molecule has 1 N–H and O–H groups in total. The van der Waals surface area contributed by atoms with Gasteiger partial charge in [0.25, 0.3) is 0 Å². The SMILES string of the molecule is CCC(N[C@@H](C)C(=O)OC)c1ccc(F)cn1. The van der Waals surface area contributed by atoms with Gasteiger partial charge >= 0.3 is 5.97 Å². The Morgan fingerprint density at radius 2 is 2.29 bits per heavy atom. The molecule has 1 heterocycles. The van der Waals surface area contributed by atoms with Crippen molar-refractivity contribution in [1.29, 1.82) is 0 Å². The maximum absolute atomic E-state index is 12.7. The summed E-state index contributed by atoms with van der Waals surface area (Å²) in [4.78, 5) is 15.3. The summed E-state index contributed by atoms with van der Waals surface area (Å²) in [5.74, 6) is -0.699. The number of aromatic nitrogens is 1. The molecule has 0 aliphatic rings. The molecule has 0 fully saturated rings. The van der Waals surface area contributed by atoms with Crippen molar-refractivity contribution >= 4 is 5.97 Å². The van der Waals surface area contributed by atoms with Gasteiger partial charge < -0.3 is 4.74 Å². The number of hydrogen-bond donors (Lipinski definition) is 1. The van der Waals surface area contributed by atoms with Crippen molar-refractivity contribution in [3.63, 3.8) is 0 Å². The third-order valence-electron chi connectivity index (χ3n) is 2.52. The topological polar surface area (TPSA) is 51.2 Å². The first-order valence-electron chi connectivity index (χ1n) is 5.53. The quantitative estimate of drug-likeness (QED) is 0.798. The first-order valence-corrected chi connectivity index (χ1v) is 5.53. The highest BCUT2D eigenvalue weighted by atomic mass is 19.1. The largest absolute Gasteiger partial charge is 0.468 e. The molecule has 5 heteroatoms. The van der Waals surface area contributed by atoms with E-state index >= 15 is 0 Å². The van der Waals surface area contributed by atoms with Crippen molar-refractivity contribution in [3.8, 4) is 0 Å². The zero-order valence-electron chi connectivity index (χ0n) is 10.2. The molecule has 0 bridgehead atoms. The first kappa shape index (κ1) is 13.6. The number of methoxy groups -OCH3 is 1. The van der Waals surface area contributed by atoms with Crippen LogP contribution in [0.2, 0.25) is 0 Å². The van der Waals surface area contributed by atoms with Crippen molar-refractivity contribution in [3.05, 3.63) is 29.8 Å². The second-order valence-electron chi connectivity index (χ2n) is 3.77. The molecule has 0 amide bonds. The highest BCUT2D eigenvalue weighted by Crippen LogP contribution is 2.15. The van der Waals surface area contributed by atoms with Crippen LogP contribution in [0.4, 0.5) is 4.39 Å². The van der Waals surface area contributed by atoms with Gasteiger partial charge in [0.15, 0.2) is 0 Å². The van der Waals surface area contributed by atoms with Crippen LogP contribution in [0.1, 0.15) is 32.0 Å². The Bertz CT molecular complexity index is 367. The fraction of sp³-hybridized carbons (Fsp3) is 0.500. The summed E-state index contributed by atoms with van der Waals surface area (Å²) in [5, 5.41) is 3.09. The van der Waals surface area contributed by atoms with Crippen LogP contribution in [0.15, 0.2) is 18.3 Å². The lowest BCUT2D eigenvalue weighted by molar-refractivity contribution is -0.142. The lowest BCUT2D eigenvalue weighted by atomic mass is 10.1. The van der Waals surface area contributed by atoms with Crippen LogP contribution in [0.3, 0.4) is 0 Å². The van der Waals surface area contributed by atoms with Gasteiger partial charge in [-0.1, -0.05) is 6.92 Å². The Hall–Kier alpha value is -1.49. The van der Waals surface area contributed by atoms with Crippen LogP contribution >= 0.6 is 0 Å². The monoisotopic (exact) mass is 240 g/mol. The molecule has 0 aliphatic heterocycles. The van der Waals surface area contributed by atoms with Gasteiger partial charge in [-0.25, -0.2) is 4.39 Å². The Morgan fingerprint density at radius 1 is 1.59 bits per heavy atom. The van der Waals surface area contributed by atoms with Crippen molar-refractivity contribution in [1.82, 2.24) is 10.3 Å². The van der Waals surface area contributed by atoms with Crippen LogP contribution in [0.5, 0.6) is 0 Å². The van der Waals surface area contributed by atoms with Gasteiger partial charge in [-0.05, 0) is 25.5 Å². The fourth-order valence-corrected chi connectivity index (χ4v) is 1.55. The second-order valence-corrected chi connectivity index (χ2v) is 3.77. The Balaban J connectivity index is 2.71. The number of ether oxygens (including phenoxy) is 1. The maximum atomic E-state index is 12.7. The highest BCUT2D eigenvalue weighted by Gasteiger charge is 2.19. The lowest BCUT2D eigenvalue weighted by Crippen LogP contribution is -2.37. The van der Waals surface area contributed by atoms with E-state index in [4.69, 9.17) is 0 Å². The molecular formula is C12H17FN2O2. The molecule has 0 saturated carbocycles. The van der Waals surface area contributed by atoms with Gasteiger partial charge in [0.1, 0.15) is 11.9 Å². The minimum atomic E-state index is -0.420. The van der Waals surface area contributed by atoms with Crippen molar-refractivity contribution < 1.29 is 13.9 Å². The average molecular weight is 240 g/mol. The molecule has 1 aromatic rings. The van der Waals surface area contributed by atoms with Gasteiger partial charge in [-0.2, -0.15) is 0 Å². The Morgan fingerprint density at radius 3 is 2.76 bits per heavy atom.